The quantitative estimate of drug-likeness (QED) is 0.784. The van der Waals surface area contributed by atoms with Gasteiger partial charge in [-0.3, -0.25) is 19.4 Å². The van der Waals surface area contributed by atoms with Gasteiger partial charge in [-0.2, -0.15) is 0 Å². The fourth-order valence-electron chi connectivity index (χ4n) is 2.77. The van der Waals surface area contributed by atoms with Gasteiger partial charge in [0.15, 0.2) is 0 Å². The molecule has 5 nitrogen and oxygen atoms in total. The third-order valence-corrected chi connectivity index (χ3v) is 4.04. The van der Waals surface area contributed by atoms with Crippen molar-refractivity contribution in [3.8, 4) is 0 Å². The summed E-state index contributed by atoms with van der Waals surface area (Å²) < 4.78 is 5.82. The summed E-state index contributed by atoms with van der Waals surface area (Å²) in [6.07, 6.45) is 0.664. The SMILES string of the molecule is CC1C(c2ccccc2)OCN1CN1C(=O)CCC1=O. The van der Waals surface area contributed by atoms with Crippen molar-refractivity contribution in [2.45, 2.75) is 31.9 Å². The molecular weight excluding hydrogens is 256 g/mol. The molecule has 0 aromatic heterocycles. The minimum Gasteiger partial charge on any atom is -0.356 e. The number of imide groups is 1. The van der Waals surface area contributed by atoms with Crippen LogP contribution in [0.15, 0.2) is 30.3 Å². The van der Waals surface area contributed by atoms with Gasteiger partial charge in [0.2, 0.25) is 11.8 Å². The van der Waals surface area contributed by atoms with Gasteiger partial charge in [0.05, 0.1) is 12.8 Å². The lowest BCUT2D eigenvalue weighted by Crippen LogP contribution is -2.42. The average Bonchev–Trinajstić information content (AvgIpc) is 2.98. The van der Waals surface area contributed by atoms with E-state index < -0.39 is 0 Å². The normalized spacial score (nSPS) is 27.6. The summed E-state index contributed by atoms with van der Waals surface area (Å²) in [6.45, 7) is 2.84. The fraction of sp³-hybridized carbons (Fsp3) is 0.467. The average molecular weight is 274 g/mol. The van der Waals surface area contributed by atoms with Gasteiger partial charge in [0, 0.05) is 18.9 Å². The zero-order valence-corrected chi connectivity index (χ0v) is 11.5. The molecule has 2 aliphatic rings. The molecular formula is C15H18N2O3. The molecule has 3 rings (SSSR count). The van der Waals surface area contributed by atoms with E-state index in [0.717, 1.165) is 5.56 Å². The number of ether oxygens (including phenoxy) is 1. The van der Waals surface area contributed by atoms with Crippen LogP contribution in [-0.2, 0) is 14.3 Å². The predicted octanol–water partition coefficient (Wildman–Crippen LogP) is 1.51. The van der Waals surface area contributed by atoms with E-state index >= 15 is 0 Å². The van der Waals surface area contributed by atoms with Crippen molar-refractivity contribution in [3.63, 3.8) is 0 Å². The lowest BCUT2D eigenvalue weighted by Gasteiger charge is -2.26. The standard InChI is InChI=1S/C15H18N2O3/c1-11-15(12-5-3-2-4-6-12)20-10-16(11)9-17-13(18)7-8-14(17)19/h2-6,11,15H,7-10H2,1H3. The van der Waals surface area contributed by atoms with Crippen LogP contribution in [-0.4, -0.2) is 41.1 Å². The second kappa shape index (κ2) is 5.34. The van der Waals surface area contributed by atoms with Gasteiger partial charge >= 0.3 is 0 Å². The smallest absolute Gasteiger partial charge is 0.230 e. The van der Waals surface area contributed by atoms with Crippen molar-refractivity contribution in [3.05, 3.63) is 35.9 Å². The molecule has 0 aliphatic carbocycles. The van der Waals surface area contributed by atoms with Gasteiger partial charge in [-0.25, -0.2) is 0 Å². The summed E-state index contributed by atoms with van der Waals surface area (Å²) in [5, 5.41) is 0. The molecule has 2 aliphatic heterocycles. The maximum atomic E-state index is 11.7. The van der Waals surface area contributed by atoms with Crippen LogP contribution in [0.1, 0.15) is 31.4 Å². The topological polar surface area (TPSA) is 49.9 Å². The highest BCUT2D eigenvalue weighted by Gasteiger charge is 2.37. The van der Waals surface area contributed by atoms with E-state index in [2.05, 4.69) is 6.92 Å². The Kier molecular flexibility index (Phi) is 3.54. The summed E-state index contributed by atoms with van der Waals surface area (Å²) >= 11 is 0. The first-order valence-corrected chi connectivity index (χ1v) is 6.90. The molecule has 2 fully saturated rings. The number of amides is 2. The lowest BCUT2D eigenvalue weighted by atomic mass is 10.0. The number of nitrogens with zero attached hydrogens (tertiary/aromatic N) is 2. The number of hydrogen-bond acceptors (Lipinski definition) is 4. The number of benzene rings is 1. The number of hydrogen-bond donors (Lipinski definition) is 0. The van der Waals surface area contributed by atoms with E-state index in [1.54, 1.807) is 0 Å². The van der Waals surface area contributed by atoms with Crippen LogP contribution < -0.4 is 0 Å². The van der Waals surface area contributed by atoms with Gasteiger partial charge in [0.25, 0.3) is 0 Å². The van der Waals surface area contributed by atoms with Crippen LogP contribution in [0.2, 0.25) is 0 Å². The molecule has 0 N–H and O–H groups in total. The van der Waals surface area contributed by atoms with Crippen molar-refractivity contribution in [2.24, 2.45) is 0 Å². The number of likely N-dealkylation sites (tertiary alicyclic amines) is 1. The Balaban J connectivity index is 1.68. The van der Waals surface area contributed by atoms with Crippen molar-refractivity contribution in [2.75, 3.05) is 13.4 Å². The van der Waals surface area contributed by atoms with E-state index in [4.69, 9.17) is 4.74 Å². The molecule has 2 atom stereocenters. The van der Waals surface area contributed by atoms with Crippen molar-refractivity contribution in [1.29, 1.82) is 0 Å². The van der Waals surface area contributed by atoms with Gasteiger partial charge in [-0.15, -0.1) is 0 Å². The third kappa shape index (κ3) is 2.34. The highest BCUT2D eigenvalue weighted by molar-refractivity contribution is 6.01. The van der Waals surface area contributed by atoms with Crippen LogP contribution in [0.4, 0.5) is 0 Å². The van der Waals surface area contributed by atoms with E-state index in [-0.39, 0.29) is 24.0 Å². The second-order valence-electron chi connectivity index (χ2n) is 5.31. The highest BCUT2D eigenvalue weighted by Crippen LogP contribution is 2.31. The molecule has 2 unspecified atom stereocenters. The molecule has 2 amide bonds. The zero-order valence-electron chi connectivity index (χ0n) is 11.5. The molecule has 0 radical (unpaired) electrons. The zero-order chi connectivity index (χ0) is 14.1. The van der Waals surface area contributed by atoms with Crippen molar-refractivity contribution in [1.82, 2.24) is 9.80 Å². The Labute approximate surface area is 118 Å². The molecule has 1 aromatic rings. The first-order valence-electron chi connectivity index (χ1n) is 6.90. The molecule has 106 valence electrons. The summed E-state index contributed by atoms with van der Waals surface area (Å²) in [5.41, 5.74) is 1.13. The maximum Gasteiger partial charge on any atom is 0.230 e. The van der Waals surface area contributed by atoms with Gasteiger partial charge in [0.1, 0.15) is 6.73 Å². The van der Waals surface area contributed by atoms with Crippen LogP contribution in [0.25, 0.3) is 0 Å². The second-order valence-corrected chi connectivity index (χ2v) is 5.31. The molecule has 20 heavy (non-hydrogen) atoms. The largest absolute Gasteiger partial charge is 0.356 e. The molecule has 0 saturated carbocycles. The molecule has 0 spiro atoms. The Bertz CT molecular complexity index is 501. The molecule has 2 heterocycles. The Hall–Kier alpha value is -1.72. The van der Waals surface area contributed by atoms with Gasteiger partial charge < -0.3 is 4.74 Å². The van der Waals surface area contributed by atoms with Crippen LogP contribution in [0.5, 0.6) is 0 Å². The monoisotopic (exact) mass is 274 g/mol. The summed E-state index contributed by atoms with van der Waals surface area (Å²) in [4.78, 5) is 26.7. The predicted molar refractivity (Wildman–Crippen MR) is 72.4 cm³/mol. The minimum absolute atomic E-state index is 0.0102. The number of carbonyl (C=O) groups excluding carboxylic acids is 2. The van der Waals surface area contributed by atoms with E-state index in [9.17, 15) is 9.59 Å². The van der Waals surface area contributed by atoms with E-state index in [1.165, 1.54) is 4.90 Å². The Morgan fingerprint density at radius 1 is 1.15 bits per heavy atom. The van der Waals surface area contributed by atoms with Crippen molar-refractivity contribution >= 4 is 11.8 Å². The number of carbonyl (C=O) groups is 2. The number of rotatable bonds is 3. The summed E-state index contributed by atoms with van der Waals surface area (Å²) in [6, 6.07) is 10.2. The van der Waals surface area contributed by atoms with Gasteiger partial charge in [-0.1, -0.05) is 30.3 Å². The maximum absolute atomic E-state index is 11.7. The highest BCUT2D eigenvalue weighted by atomic mass is 16.5. The van der Waals surface area contributed by atoms with Crippen LogP contribution in [0.3, 0.4) is 0 Å². The molecule has 5 heteroatoms. The minimum atomic E-state index is -0.0784. The van der Waals surface area contributed by atoms with Crippen LogP contribution >= 0.6 is 0 Å². The fourth-order valence-corrected chi connectivity index (χ4v) is 2.77. The van der Waals surface area contributed by atoms with Gasteiger partial charge in [-0.05, 0) is 12.5 Å². The Morgan fingerprint density at radius 3 is 2.45 bits per heavy atom. The summed E-state index contributed by atoms with van der Waals surface area (Å²) in [7, 11) is 0. The van der Waals surface area contributed by atoms with Crippen LogP contribution in [0, 0.1) is 0 Å². The molecule has 0 bridgehead atoms. The third-order valence-electron chi connectivity index (χ3n) is 4.04. The lowest BCUT2D eigenvalue weighted by molar-refractivity contribution is -0.141. The molecule has 1 aromatic carbocycles. The first kappa shape index (κ1) is 13.3. The van der Waals surface area contributed by atoms with E-state index in [1.807, 2.05) is 35.2 Å². The van der Waals surface area contributed by atoms with E-state index in [0.29, 0.717) is 26.2 Å². The van der Waals surface area contributed by atoms with Crippen molar-refractivity contribution < 1.29 is 14.3 Å². The summed E-state index contributed by atoms with van der Waals surface area (Å²) in [5.74, 6) is -0.157. The Morgan fingerprint density at radius 2 is 1.80 bits per heavy atom. The first-order chi connectivity index (χ1) is 9.66. The molecule has 2 saturated heterocycles.